The summed E-state index contributed by atoms with van der Waals surface area (Å²) in [5.74, 6) is 0. The fourth-order valence-corrected chi connectivity index (χ4v) is 3.89. The molecule has 0 amide bonds. The molecule has 2 heteroatoms. The van der Waals surface area contributed by atoms with Gasteiger partial charge in [0.1, 0.15) is 0 Å². The van der Waals surface area contributed by atoms with Crippen LogP contribution in [-0.4, -0.2) is 19.8 Å². The molecular weight excluding hydrogens is 258 g/mol. The molecule has 2 aromatic rings. The highest BCUT2D eigenvalue weighted by molar-refractivity contribution is 5.44. The summed E-state index contributed by atoms with van der Waals surface area (Å²) in [6.07, 6.45) is 2.25. The maximum atomic E-state index is 5.60. The van der Waals surface area contributed by atoms with Crippen molar-refractivity contribution in [3.05, 3.63) is 71.3 Å². The van der Waals surface area contributed by atoms with Gasteiger partial charge < -0.3 is 10.1 Å². The van der Waals surface area contributed by atoms with E-state index in [0.29, 0.717) is 6.04 Å². The Balaban J connectivity index is 1.79. The van der Waals surface area contributed by atoms with Crippen LogP contribution in [0, 0.1) is 0 Å². The Morgan fingerprint density at radius 2 is 1.62 bits per heavy atom. The Labute approximate surface area is 126 Å². The zero-order chi connectivity index (χ0) is 14.1. The van der Waals surface area contributed by atoms with E-state index >= 15 is 0 Å². The van der Waals surface area contributed by atoms with Gasteiger partial charge in [-0.2, -0.15) is 0 Å². The third kappa shape index (κ3) is 2.19. The van der Waals surface area contributed by atoms with E-state index < -0.39 is 0 Å². The number of hydrogen-bond acceptors (Lipinski definition) is 2. The highest BCUT2D eigenvalue weighted by Crippen LogP contribution is 2.42. The lowest BCUT2D eigenvalue weighted by Gasteiger charge is -2.45. The number of fused-ring (bicyclic) bond motifs is 2. The van der Waals surface area contributed by atoms with Crippen LogP contribution in [0.15, 0.2) is 54.6 Å². The number of hydrogen-bond donors (Lipinski definition) is 1. The summed E-state index contributed by atoms with van der Waals surface area (Å²) in [6.45, 7) is 2.81. The van der Waals surface area contributed by atoms with Gasteiger partial charge in [-0.05, 0) is 29.5 Å². The molecule has 0 aliphatic carbocycles. The molecule has 2 heterocycles. The van der Waals surface area contributed by atoms with Gasteiger partial charge in [0.2, 0.25) is 0 Å². The van der Waals surface area contributed by atoms with Crippen molar-refractivity contribution in [2.24, 2.45) is 0 Å². The summed E-state index contributed by atoms with van der Waals surface area (Å²) in [5.41, 5.74) is 4.59. The fourth-order valence-electron chi connectivity index (χ4n) is 3.89. The van der Waals surface area contributed by atoms with Gasteiger partial charge in [-0.15, -0.1) is 0 Å². The Kier molecular flexibility index (Phi) is 3.28. The van der Waals surface area contributed by atoms with E-state index in [-0.39, 0.29) is 5.41 Å². The van der Waals surface area contributed by atoms with Crippen LogP contribution >= 0.6 is 0 Å². The summed E-state index contributed by atoms with van der Waals surface area (Å²) in [5, 5.41) is 3.80. The van der Waals surface area contributed by atoms with Crippen LogP contribution in [0.2, 0.25) is 0 Å². The van der Waals surface area contributed by atoms with Crippen molar-refractivity contribution in [2.45, 2.75) is 24.3 Å². The average molecular weight is 279 g/mol. The second-order valence-electron chi connectivity index (χ2n) is 6.20. The number of nitrogens with one attached hydrogen (secondary N) is 1. The minimum atomic E-state index is 0.264. The van der Waals surface area contributed by atoms with Gasteiger partial charge in [0.05, 0.1) is 6.04 Å². The van der Waals surface area contributed by atoms with E-state index in [2.05, 4.69) is 59.9 Å². The summed E-state index contributed by atoms with van der Waals surface area (Å²) in [4.78, 5) is 0. The predicted octanol–water partition coefficient (Wildman–Crippen LogP) is 3.43. The van der Waals surface area contributed by atoms with Crippen LogP contribution in [-0.2, 0) is 10.2 Å². The molecule has 0 unspecified atom stereocenters. The zero-order valence-electron chi connectivity index (χ0n) is 12.2. The molecule has 2 aliphatic heterocycles. The highest BCUT2D eigenvalue weighted by Gasteiger charge is 2.40. The molecule has 1 N–H and O–H groups in total. The van der Waals surface area contributed by atoms with Gasteiger partial charge in [0.15, 0.2) is 0 Å². The average Bonchev–Trinajstić information content (AvgIpc) is 2.57. The number of ether oxygens (including phenoxy) is 1. The molecule has 0 aromatic heterocycles. The molecule has 0 radical (unpaired) electrons. The van der Waals surface area contributed by atoms with Gasteiger partial charge in [-0.25, -0.2) is 0 Å². The van der Waals surface area contributed by atoms with Gasteiger partial charge in [-0.1, -0.05) is 54.6 Å². The Morgan fingerprint density at radius 1 is 0.905 bits per heavy atom. The lowest BCUT2D eigenvalue weighted by Crippen LogP contribution is -2.48. The molecule has 2 aromatic carbocycles. The van der Waals surface area contributed by atoms with Crippen molar-refractivity contribution >= 4 is 0 Å². The van der Waals surface area contributed by atoms with Crippen LogP contribution < -0.4 is 5.32 Å². The van der Waals surface area contributed by atoms with Crippen LogP contribution in [0.5, 0.6) is 0 Å². The highest BCUT2D eigenvalue weighted by atomic mass is 16.5. The molecule has 0 bridgehead atoms. The van der Waals surface area contributed by atoms with Crippen molar-refractivity contribution < 1.29 is 4.74 Å². The summed E-state index contributed by atoms with van der Waals surface area (Å²) >= 11 is 0. The molecule has 1 saturated heterocycles. The van der Waals surface area contributed by atoms with Gasteiger partial charge >= 0.3 is 0 Å². The lowest BCUT2D eigenvalue weighted by atomic mass is 9.68. The van der Waals surface area contributed by atoms with Crippen molar-refractivity contribution in [3.63, 3.8) is 0 Å². The minimum Gasteiger partial charge on any atom is -0.381 e. The maximum Gasteiger partial charge on any atom is 0.0579 e. The normalized spacial score (nSPS) is 23.7. The van der Waals surface area contributed by atoms with E-state index in [9.17, 15) is 0 Å². The molecule has 1 fully saturated rings. The number of rotatable bonds is 1. The van der Waals surface area contributed by atoms with E-state index in [4.69, 9.17) is 4.74 Å². The van der Waals surface area contributed by atoms with Crippen molar-refractivity contribution in [1.29, 1.82) is 0 Å². The first-order valence-electron chi connectivity index (χ1n) is 7.85. The molecule has 108 valence electrons. The maximum absolute atomic E-state index is 5.60. The SMILES string of the molecule is c1ccc([C@H]2NCC3(CCOCC3)c3ccccc32)cc1. The minimum absolute atomic E-state index is 0.264. The number of benzene rings is 2. The summed E-state index contributed by atoms with van der Waals surface area (Å²) in [7, 11) is 0. The van der Waals surface area contributed by atoms with E-state index in [1.165, 1.54) is 16.7 Å². The zero-order valence-corrected chi connectivity index (χ0v) is 12.2. The van der Waals surface area contributed by atoms with Crippen LogP contribution in [0.1, 0.15) is 35.6 Å². The van der Waals surface area contributed by atoms with Crippen molar-refractivity contribution in [1.82, 2.24) is 5.32 Å². The third-order valence-electron chi connectivity index (χ3n) is 5.07. The quantitative estimate of drug-likeness (QED) is 0.863. The molecule has 2 nitrogen and oxygen atoms in total. The monoisotopic (exact) mass is 279 g/mol. The van der Waals surface area contributed by atoms with E-state index in [0.717, 1.165) is 32.6 Å². The first kappa shape index (κ1) is 13.1. The molecule has 4 rings (SSSR count). The second kappa shape index (κ2) is 5.28. The summed E-state index contributed by atoms with van der Waals surface area (Å²) < 4.78 is 5.60. The Hall–Kier alpha value is -1.64. The van der Waals surface area contributed by atoms with Crippen molar-refractivity contribution in [3.8, 4) is 0 Å². The van der Waals surface area contributed by atoms with Crippen LogP contribution in [0.3, 0.4) is 0 Å². The largest absolute Gasteiger partial charge is 0.381 e. The second-order valence-corrected chi connectivity index (χ2v) is 6.20. The molecule has 1 spiro atoms. The topological polar surface area (TPSA) is 21.3 Å². The Morgan fingerprint density at radius 3 is 2.43 bits per heavy atom. The van der Waals surface area contributed by atoms with E-state index in [1.807, 2.05) is 0 Å². The van der Waals surface area contributed by atoms with Gasteiger partial charge in [0, 0.05) is 25.2 Å². The summed E-state index contributed by atoms with van der Waals surface area (Å²) in [6, 6.07) is 20.0. The standard InChI is InChI=1S/C19H21NO/c1-2-6-15(7-3-1)18-16-8-4-5-9-17(16)19(14-20-18)10-12-21-13-11-19/h1-9,18,20H,10-14H2/t18-/m1/s1. The molecular formula is C19H21NO. The van der Waals surface area contributed by atoms with E-state index in [1.54, 1.807) is 0 Å². The van der Waals surface area contributed by atoms with Gasteiger partial charge in [-0.3, -0.25) is 0 Å². The fraction of sp³-hybridized carbons (Fsp3) is 0.368. The first-order valence-corrected chi connectivity index (χ1v) is 7.85. The predicted molar refractivity (Wildman–Crippen MR) is 84.5 cm³/mol. The molecule has 0 saturated carbocycles. The Bertz CT molecular complexity index is 616. The molecule has 21 heavy (non-hydrogen) atoms. The van der Waals surface area contributed by atoms with Crippen molar-refractivity contribution in [2.75, 3.05) is 19.8 Å². The third-order valence-corrected chi connectivity index (χ3v) is 5.07. The first-order chi connectivity index (χ1) is 10.4. The van der Waals surface area contributed by atoms with Gasteiger partial charge in [0.25, 0.3) is 0 Å². The molecule has 1 atom stereocenters. The van der Waals surface area contributed by atoms with Crippen LogP contribution in [0.4, 0.5) is 0 Å². The lowest BCUT2D eigenvalue weighted by molar-refractivity contribution is 0.0461. The molecule has 2 aliphatic rings. The van der Waals surface area contributed by atoms with Crippen LogP contribution in [0.25, 0.3) is 0 Å². The smallest absolute Gasteiger partial charge is 0.0579 e.